The Labute approximate surface area is 106 Å². The Morgan fingerprint density at radius 1 is 1.31 bits per heavy atom. The van der Waals surface area contributed by atoms with Gasteiger partial charge >= 0.3 is 0 Å². The molecular formula is C13H15Cl2N. The van der Waals surface area contributed by atoms with Crippen molar-refractivity contribution in [1.29, 1.82) is 0 Å². The van der Waals surface area contributed by atoms with Crippen LogP contribution in [0.3, 0.4) is 0 Å². The Bertz CT molecular complexity index is 395. The fourth-order valence-corrected chi connectivity index (χ4v) is 2.57. The van der Waals surface area contributed by atoms with Gasteiger partial charge in [0, 0.05) is 12.0 Å². The van der Waals surface area contributed by atoms with Gasteiger partial charge in [-0.2, -0.15) is 0 Å². The summed E-state index contributed by atoms with van der Waals surface area (Å²) >= 11 is 12.0. The predicted octanol–water partition coefficient (Wildman–Crippen LogP) is 3.80. The van der Waals surface area contributed by atoms with E-state index >= 15 is 0 Å². The normalized spacial score (nSPS) is 25.4. The van der Waals surface area contributed by atoms with E-state index < -0.39 is 0 Å². The first-order valence-electron chi connectivity index (χ1n) is 5.48. The van der Waals surface area contributed by atoms with Crippen molar-refractivity contribution in [2.45, 2.75) is 18.3 Å². The highest BCUT2D eigenvalue weighted by Crippen LogP contribution is 2.35. The summed E-state index contributed by atoms with van der Waals surface area (Å²) in [6, 6.07) is 5.86. The number of hydrogen-bond acceptors (Lipinski definition) is 1. The summed E-state index contributed by atoms with van der Waals surface area (Å²) in [5.41, 5.74) is 1.20. The van der Waals surface area contributed by atoms with Crippen molar-refractivity contribution in [3.8, 4) is 0 Å². The summed E-state index contributed by atoms with van der Waals surface area (Å²) in [6.45, 7) is 5.97. The van der Waals surface area contributed by atoms with Gasteiger partial charge in [-0.15, -0.1) is 6.58 Å². The summed E-state index contributed by atoms with van der Waals surface area (Å²) in [7, 11) is 0. The second-order valence-electron chi connectivity index (χ2n) is 4.27. The van der Waals surface area contributed by atoms with Crippen LogP contribution in [0.1, 0.15) is 18.4 Å². The van der Waals surface area contributed by atoms with E-state index in [1.807, 2.05) is 24.3 Å². The minimum absolute atomic E-state index is 0.00643. The largest absolute Gasteiger partial charge is 0.316 e. The molecule has 1 aliphatic heterocycles. The first kappa shape index (κ1) is 12.0. The van der Waals surface area contributed by atoms with Crippen molar-refractivity contribution in [2.75, 3.05) is 13.1 Å². The maximum absolute atomic E-state index is 6.07. The van der Waals surface area contributed by atoms with Gasteiger partial charge in [-0.3, -0.25) is 0 Å². The number of nitrogens with one attached hydrogen (secondary N) is 1. The molecule has 86 valence electrons. The van der Waals surface area contributed by atoms with Crippen LogP contribution in [0.25, 0.3) is 0 Å². The number of benzene rings is 1. The molecule has 1 aromatic rings. The lowest BCUT2D eigenvalue weighted by atomic mass is 9.75. The van der Waals surface area contributed by atoms with E-state index in [1.54, 1.807) is 0 Å². The Hall–Kier alpha value is -0.500. The number of piperidine rings is 1. The van der Waals surface area contributed by atoms with Gasteiger partial charge in [0.25, 0.3) is 0 Å². The zero-order valence-electron chi connectivity index (χ0n) is 9.10. The fraction of sp³-hybridized carbons (Fsp3) is 0.385. The second-order valence-corrected chi connectivity index (χ2v) is 5.08. The van der Waals surface area contributed by atoms with Crippen molar-refractivity contribution in [2.24, 2.45) is 0 Å². The summed E-state index contributed by atoms with van der Waals surface area (Å²) < 4.78 is 0. The standard InChI is InChI=1S/C13H15Cl2N/c1-2-13(6-3-7-16-9-13)10-4-5-11(14)12(15)8-10/h2,4-5,8,16H,1,3,6-7,9H2/t13-/m0/s1. The van der Waals surface area contributed by atoms with E-state index in [-0.39, 0.29) is 5.41 Å². The van der Waals surface area contributed by atoms with E-state index in [1.165, 1.54) is 5.56 Å². The summed E-state index contributed by atoms with van der Waals surface area (Å²) in [6.07, 6.45) is 4.30. The second kappa shape index (κ2) is 4.79. The molecule has 0 radical (unpaired) electrons. The summed E-state index contributed by atoms with van der Waals surface area (Å²) in [5.74, 6) is 0. The molecule has 0 aliphatic carbocycles. The molecule has 1 atom stereocenters. The molecule has 0 bridgehead atoms. The van der Waals surface area contributed by atoms with Crippen LogP contribution in [0.2, 0.25) is 10.0 Å². The minimum Gasteiger partial charge on any atom is -0.316 e. The highest BCUT2D eigenvalue weighted by atomic mass is 35.5. The first-order chi connectivity index (χ1) is 7.68. The van der Waals surface area contributed by atoms with Crippen LogP contribution in [0.4, 0.5) is 0 Å². The van der Waals surface area contributed by atoms with Gasteiger partial charge in [0.15, 0.2) is 0 Å². The molecule has 1 fully saturated rings. The summed E-state index contributed by atoms with van der Waals surface area (Å²) in [4.78, 5) is 0. The van der Waals surface area contributed by atoms with Gasteiger partial charge in [-0.25, -0.2) is 0 Å². The van der Waals surface area contributed by atoms with Crippen LogP contribution in [-0.2, 0) is 5.41 Å². The van der Waals surface area contributed by atoms with Crippen molar-refractivity contribution < 1.29 is 0 Å². The smallest absolute Gasteiger partial charge is 0.0595 e. The average Bonchev–Trinajstić information content (AvgIpc) is 2.33. The SMILES string of the molecule is C=C[C@]1(c2ccc(Cl)c(Cl)c2)CCCNC1. The van der Waals surface area contributed by atoms with Crippen LogP contribution in [0.5, 0.6) is 0 Å². The molecule has 0 aromatic heterocycles. The lowest BCUT2D eigenvalue weighted by Crippen LogP contribution is -2.41. The zero-order chi connectivity index (χ0) is 11.6. The fourth-order valence-electron chi connectivity index (χ4n) is 2.27. The van der Waals surface area contributed by atoms with Gasteiger partial charge in [0.1, 0.15) is 0 Å². The molecular weight excluding hydrogens is 241 g/mol. The third-order valence-electron chi connectivity index (χ3n) is 3.30. The monoisotopic (exact) mass is 255 g/mol. The molecule has 0 spiro atoms. The number of hydrogen-bond donors (Lipinski definition) is 1. The summed E-state index contributed by atoms with van der Waals surface area (Å²) in [5, 5.41) is 4.63. The van der Waals surface area contributed by atoms with Gasteiger partial charge in [0.2, 0.25) is 0 Å². The van der Waals surface area contributed by atoms with Crippen LogP contribution < -0.4 is 5.32 Å². The molecule has 1 aromatic carbocycles. The van der Waals surface area contributed by atoms with E-state index in [4.69, 9.17) is 23.2 Å². The highest BCUT2D eigenvalue weighted by molar-refractivity contribution is 6.42. The van der Waals surface area contributed by atoms with Crippen molar-refractivity contribution >= 4 is 23.2 Å². The molecule has 0 unspecified atom stereocenters. The van der Waals surface area contributed by atoms with Crippen molar-refractivity contribution in [1.82, 2.24) is 5.32 Å². The lowest BCUT2D eigenvalue weighted by molar-refractivity contribution is 0.377. The van der Waals surface area contributed by atoms with Gasteiger partial charge in [0.05, 0.1) is 10.0 Å². The highest BCUT2D eigenvalue weighted by Gasteiger charge is 2.30. The lowest BCUT2D eigenvalue weighted by Gasteiger charge is -2.35. The van der Waals surface area contributed by atoms with Gasteiger partial charge in [-0.1, -0.05) is 35.3 Å². The van der Waals surface area contributed by atoms with Crippen LogP contribution in [0, 0.1) is 0 Å². The number of rotatable bonds is 2. The molecule has 0 saturated carbocycles. The molecule has 1 aliphatic rings. The molecule has 1 nitrogen and oxygen atoms in total. The number of halogens is 2. The van der Waals surface area contributed by atoms with E-state index in [2.05, 4.69) is 11.9 Å². The van der Waals surface area contributed by atoms with Gasteiger partial charge < -0.3 is 5.32 Å². The topological polar surface area (TPSA) is 12.0 Å². The minimum atomic E-state index is 0.00643. The van der Waals surface area contributed by atoms with Crippen LogP contribution in [-0.4, -0.2) is 13.1 Å². The molecule has 1 heterocycles. The van der Waals surface area contributed by atoms with E-state index in [0.29, 0.717) is 10.0 Å². The van der Waals surface area contributed by atoms with Crippen molar-refractivity contribution in [3.63, 3.8) is 0 Å². The van der Waals surface area contributed by atoms with E-state index in [0.717, 1.165) is 25.9 Å². The molecule has 0 amide bonds. The van der Waals surface area contributed by atoms with Crippen LogP contribution >= 0.6 is 23.2 Å². The Morgan fingerprint density at radius 2 is 2.12 bits per heavy atom. The molecule has 3 heteroatoms. The van der Waals surface area contributed by atoms with E-state index in [9.17, 15) is 0 Å². The average molecular weight is 256 g/mol. The molecule has 2 rings (SSSR count). The van der Waals surface area contributed by atoms with Gasteiger partial charge in [-0.05, 0) is 37.1 Å². The quantitative estimate of drug-likeness (QED) is 0.793. The molecule has 1 N–H and O–H groups in total. The Kier molecular flexibility index (Phi) is 3.58. The maximum Gasteiger partial charge on any atom is 0.0595 e. The first-order valence-corrected chi connectivity index (χ1v) is 6.23. The Morgan fingerprint density at radius 3 is 2.69 bits per heavy atom. The molecule has 1 saturated heterocycles. The maximum atomic E-state index is 6.07. The molecule has 16 heavy (non-hydrogen) atoms. The zero-order valence-corrected chi connectivity index (χ0v) is 10.6. The predicted molar refractivity (Wildman–Crippen MR) is 70.4 cm³/mol. The van der Waals surface area contributed by atoms with Crippen molar-refractivity contribution in [3.05, 3.63) is 46.5 Å². The Balaban J connectivity index is 2.39. The third kappa shape index (κ3) is 2.13. The third-order valence-corrected chi connectivity index (χ3v) is 4.04. The van der Waals surface area contributed by atoms with Crippen LogP contribution in [0.15, 0.2) is 30.9 Å².